The van der Waals surface area contributed by atoms with Gasteiger partial charge in [-0.25, -0.2) is 0 Å². The average molecular weight is 199 g/mol. The summed E-state index contributed by atoms with van der Waals surface area (Å²) in [6.45, 7) is 6.58. The third kappa shape index (κ3) is 1.77. The van der Waals surface area contributed by atoms with E-state index in [1.54, 1.807) is 0 Å². The molecule has 1 aromatic heterocycles. The van der Waals surface area contributed by atoms with Crippen molar-refractivity contribution in [2.45, 2.75) is 44.4 Å². The van der Waals surface area contributed by atoms with Crippen molar-refractivity contribution in [1.29, 1.82) is 0 Å². The summed E-state index contributed by atoms with van der Waals surface area (Å²) in [5, 5.41) is 0. The van der Waals surface area contributed by atoms with Crippen LogP contribution in [0.1, 0.15) is 44.9 Å². The predicted octanol–water partition coefficient (Wildman–Crippen LogP) is 3.04. The Morgan fingerprint density at radius 2 is 2.00 bits per heavy atom. The summed E-state index contributed by atoms with van der Waals surface area (Å²) < 4.78 is 0. The highest BCUT2D eigenvalue weighted by Gasteiger charge is 2.43. The standard InChI is InChI=1S/C14H17N/c1-5-14(8-9-14)12-7-6-11(10-15-12)13(2,3)4/h1,6-7,10H,8-9H2,2-4H3. The van der Waals surface area contributed by atoms with Gasteiger partial charge in [0.05, 0.1) is 11.1 Å². The van der Waals surface area contributed by atoms with E-state index in [2.05, 4.69) is 43.8 Å². The lowest BCUT2D eigenvalue weighted by molar-refractivity contribution is 0.586. The van der Waals surface area contributed by atoms with Crippen molar-refractivity contribution in [1.82, 2.24) is 4.98 Å². The minimum absolute atomic E-state index is 0.0313. The van der Waals surface area contributed by atoms with Gasteiger partial charge in [0.15, 0.2) is 0 Å². The third-order valence-electron chi connectivity index (χ3n) is 3.15. The van der Waals surface area contributed by atoms with E-state index in [1.807, 2.05) is 6.20 Å². The molecule has 1 aliphatic carbocycles. The Kier molecular flexibility index (Phi) is 2.12. The zero-order valence-electron chi connectivity index (χ0n) is 9.67. The summed E-state index contributed by atoms with van der Waals surface area (Å²) in [5.41, 5.74) is 2.46. The van der Waals surface area contributed by atoms with Crippen LogP contribution in [0.15, 0.2) is 18.3 Å². The zero-order chi connectivity index (χ0) is 11.1. The van der Waals surface area contributed by atoms with Crippen LogP contribution in [0, 0.1) is 12.3 Å². The van der Waals surface area contributed by atoms with E-state index in [0.717, 1.165) is 18.5 Å². The molecule has 0 unspecified atom stereocenters. The van der Waals surface area contributed by atoms with Crippen molar-refractivity contribution in [3.05, 3.63) is 29.6 Å². The molecule has 1 saturated carbocycles. The zero-order valence-corrected chi connectivity index (χ0v) is 9.67. The maximum absolute atomic E-state index is 5.53. The van der Waals surface area contributed by atoms with Crippen molar-refractivity contribution < 1.29 is 0 Å². The first kappa shape index (κ1) is 10.2. The Labute approximate surface area is 91.9 Å². The summed E-state index contributed by atoms with van der Waals surface area (Å²) in [6.07, 6.45) is 9.68. The number of nitrogens with zero attached hydrogens (tertiary/aromatic N) is 1. The highest BCUT2D eigenvalue weighted by molar-refractivity contribution is 5.37. The van der Waals surface area contributed by atoms with Crippen molar-refractivity contribution in [2.24, 2.45) is 0 Å². The maximum atomic E-state index is 5.53. The lowest BCUT2D eigenvalue weighted by atomic mass is 9.88. The van der Waals surface area contributed by atoms with E-state index in [-0.39, 0.29) is 10.8 Å². The minimum Gasteiger partial charge on any atom is -0.259 e. The lowest BCUT2D eigenvalue weighted by Crippen LogP contribution is -2.13. The van der Waals surface area contributed by atoms with E-state index in [4.69, 9.17) is 6.42 Å². The topological polar surface area (TPSA) is 12.9 Å². The molecule has 1 nitrogen and oxygen atoms in total. The van der Waals surface area contributed by atoms with Gasteiger partial charge < -0.3 is 0 Å². The molecule has 2 rings (SSSR count). The molecule has 1 heteroatoms. The summed E-state index contributed by atoms with van der Waals surface area (Å²) in [5.74, 6) is 2.86. The van der Waals surface area contributed by atoms with E-state index in [1.165, 1.54) is 5.56 Å². The molecule has 0 amide bonds. The summed E-state index contributed by atoms with van der Waals surface area (Å²) in [4.78, 5) is 4.51. The van der Waals surface area contributed by atoms with Crippen LogP contribution in [0.25, 0.3) is 0 Å². The van der Waals surface area contributed by atoms with Crippen molar-refractivity contribution in [2.75, 3.05) is 0 Å². The quantitative estimate of drug-likeness (QED) is 0.633. The molecule has 0 radical (unpaired) electrons. The monoisotopic (exact) mass is 199 g/mol. The number of pyridine rings is 1. The number of aromatic nitrogens is 1. The highest BCUT2D eigenvalue weighted by atomic mass is 14.7. The van der Waals surface area contributed by atoms with Crippen LogP contribution in [0.5, 0.6) is 0 Å². The van der Waals surface area contributed by atoms with Crippen LogP contribution in [-0.4, -0.2) is 4.98 Å². The first-order valence-electron chi connectivity index (χ1n) is 5.43. The molecule has 1 aliphatic rings. The summed E-state index contributed by atoms with van der Waals surface area (Å²) >= 11 is 0. The van der Waals surface area contributed by atoms with E-state index >= 15 is 0 Å². The van der Waals surface area contributed by atoms with Gasteiger partial charge in [0.25, 0.3) is 0 Å². The number of hydrogen-bond acceptors (Lipinski definition) is 1. The van der Waals surface area contributed by atoms with Crippen molar-refractivity contribution in [3.63, 3.8) is 0 Å². The van der Waals surface area contributed by atoms with Gasteiger partial charge in [-0.2, -0.15) is 0 Å². The Bertz CT molecular complexity index is 396. The molecule has 0 spiro atoms. The maximum Gasteiger partial charge on any atom is 0.0733 e. The van der Waals surface area contributed by atoms with Gasteiger partial charge in [-0.3, -0.25) is 4.98 Å². The van der Waals surface area contributed by atoms with Gasteiger partial charge in [0.1, 0.15) is 0 Å². The van der Waals surface area contributed by atoms with Crippen LogP contribution in [-0.2, 0) is 10.8 Å². The van der Waals surface area contributed by atoms with Crippen LogP contribution in [0.3, 0.4) is 0 Å². The van der Waals surface area contributed by atoms with Gasteiger partial charge in [-0.1, -0.05) is 32.8 Å². The van der Waals surface area contributed by atoms with E-state index in [0.29, 0.717) is 0 Å². The van der Waals surface area contributed by atoms with Crippen molar-refractivity contribution >= 4 is 0 Å². The molecular formula is C14H17N. The van der Waals surface area contributed by atoms with Gasteiger partial charge in [0, 0.05) is 6.20 Å². The second-order valence-corrected chi connectivity index (χ2v) is 5.41. The molecule has 1 heterocycles. The molecule has 0 saturated heterocycles. The Balaban J connectivity index is 2.30. The normalized spacial score (nSPS) is 18.3. The molecule has 0 N–H and O–H groups in total. The predicted molar refractivity (Wildman–Crippen MR) is 62.7 cm³/mol. The van der Waals surface area contributed by atoms with Gasteiger partial charge >= 0.3 is 0 Å². The molecule has 1 fully saturated rings. The SMILES string of the molecule is C#CC1(c2ccc(C(C)(C)C)cn2)CC1. The van der Waals surface area contributed by atoms with Crippen molar-refractivity contribution in [3.8, 4) is 12.3 Å². The molecule has 0 aliphatic heterocycles. The first-order valence-corrected chi connectivity index (χ1v) is 5.43. The number of rotatable bonds is 1. The fourth-order valence-corrected chi connectivity index (χ4v) is 1.72. The van der Waals surface area contributed by atoms with E-state index in [9.17, 15) is 0 Å². The largest absolute Gasteiger partial charge is 0.259 e. The van der Waals surface area contributed by atoms with Crippen LogP contribution >= 0.6 is 0 Å². The van der Waals surface area contributed by atoms with Crippen LogP contribution in [0.2, 0.25) is 0 Å². The molecule has 0 atom stereocenters. The highest BCUT2D eigenvalue weighted by Crippen LogP contribution is 2.46. The Hall–Kier alpha value is -1.29. The molecule has 78 valence electrons. The van der Waals surface area contributed by atoms with E-state index < -0.39 is 0 Å². The molecule has 1 aromatic rings. The molecule has 0 aromatic carbocycles. The summed E-state index contributed by atoms with van der Waals surface area (Å²) in [6, 6.07) is 4.24. The Morgan fingerprint density at radius 1 is 1.33 bits per heavy atom. The van der Waals surface area contributed by atoms with Gasteiger partial charge in [-0.05, 0) is 29.9 Å². The van der Waals surface area contributed by atoms with Crippen LogP contribution < -0.4 is 0 Å². The second kappa shape index (κ2) is 3.10. The smallest absolute Gasteiger partial charge is 0.0733 e. The van der Waals surface area contributed by atoms with Crippen LogP contribution in [0.4, 0.5) is 0 Å². The molecule has 0 bridgehead atoms. The summed E-state index contributed by atoms with van der Waals surface area (Å²) in [7, 11) is 0. The first-order chi connectivity index (χ1) is 6.98. The lowest BCUT2D eigenvalue weighted by Gasteiger charge is -2.19. The fourth-order valence-electron chi connectivity index (χ4n) is 1.72. The minimum atomic E-state index is -0.0313. The third-order valence-corrected chi connectivity index (χ3v) is 3.15. The second-order valence-electron chi connectivity index (χ2n) is 5.41. The molecular weight excluding hydrogens is 182 g/mol. The molecule has 15 heavy (non-hydrogen) atoms. The van der Waals surface area contributed by atoms with Gasteiger partial charge in [0.2, 0.25) is 0 Å². The number of terminal acetylenes is 1. The Morgan fingerprint density at radius 3 is 2.33 bits per heavy atom. The number of hydrogen-bond donors (Lipinski definition) is 0. The average Bonchev–Trinajstić information content (AvgIpc) is 2.97. The van der Waals surface area contributed by atoms with Gasteiger partial charge in [-0.15, -0.1) is 6.42 Å². The fraction of sp³-hybridized carbons (Fsp3) is 0.500.